The molecule has 2 aliphatic heterocycles. The zero-order chi connectivity index (χ0) is 23.6. The van der Waals surface area contributed by atoms with Crippen LogP contribution >= 0.6 is 0 Å². The highest BCUT2D eigenvalue weighted by Gasteiger charge is 2.29. The standard InChI is InChI=1S/C22H22F2N4O4S/c23-19-10-18(14-2-4-17(5-3-14)33(30,31)28-6-1-7-28)20(24)9-15(19)8-16(11-25)27-22(29)21-12-26-13-32-21/h2-5,9-10,16,21,26H,1,6-8,12-13H2,(H,27,29)/t16-,21?/m0/s1. The largest absolute Gasteiger partial charge is 0.352 e. The highest BCUT2D eigenvalue weighted by atomic mass is 32.2. The summed E-state index contributed by atoms with van der Waals surface area (Å²) in [6.07, 6.45) is -0.146. The molecule has 0 bridgehead atoms. The molecule has 8 nitrogen and oxygen atoms in total. The first-order chi connectivity index (χ1) is 15.8. The second kappa shape index (κ2) is 9.52. The summed E-state index contributed by atoms with van der Waals surface area (Å²) in [6.45, 7) is 1.47. The number of amides is 1. The van der Waals surface area contributed by atoms with Gasteiger partial charge in [-0.3, -0.25) is 10.1 Å². The van der Waals surface area contributed by atoms with Gasteiger partial charge in [0.25, 0.3) is 5.91 Å². The minimum atomic E-state index is -3.57. The van der Waals surface area contributed by atoms with Crippen LogP contribution in [0.2, 0.25) is 0 Å². The van der Waals surface area contributed by atoms with E-state index in [1.54, 1.807) is 0 Å². The maximum Gasteiger partial charge on any atom is 0.251 e. The summed E-state index contributed by atoms with van der Waals surface area (Å²) in [5.41, 5.74) is 0.217. The Labute approximate surface area is 190 Å². The van der Waals surface area contributed by atoms with Crippen molar-refractivity contribution in [3.8, 4) is 17.2 Å². The van der Waals surface area contributed by atoms with Crippen LogP contribution < -0.4 is 10.6 Å². The number of sulfonamides is 1. The summed E-state index contributed by atoms with van der Waals surface area (Å²) in [4.78, 5) is 12.2. The first-order valence-electron chi connectivity index (χ1n) is 10.4. The Morgan fingerprint density at radius 3 is 2.55 bits per heavy atom. The first-order valence-corrected chi connectivity index (χ1v) is 11.8. The van der Waals surface area contributed by atoms with Crippen molar-refractivity contribution in [2.75, 3.05) is 26.4 Å². The first kappa shape index (κ1) is 23.3. The molecule has 2 aromatic carbocycles. The van der Waals surface area contributed by atoms with E-state index >= 15 is 0 Å². The molecule has 2 saturated heterocycles. The van der Waals surface area contributed by atoms with Gasteiger partial charge in [0.05, 0.1) is 17.7 Å². The molecule has 2 fully saturated rings. The number of carbonyl (C=O) groups excluding carboxylic acids is 1. The number of nitrogens with zero attached hydrogens (tertiary/aromatic N) is 2. The number of hydrogen-bond donors (Lipinski definition) is 2. The van der Waals surface area contributed by atoms with E-state index in [4.69, 9.17) is 4.74 Å². The average Bonchev–Trinajstić information content (AvgIpc) is 3.29. The van der Waals surface area contributed by atoms with Crippen molar-refractivity contribution in [2.24, 2.45) is 0 Å². The van der Waals surface area contributed by atoms with E-state index in [-0.39, 0.29) is 29.2 Å². The molecule has 2 aliphatic rings. The zero-order valence-electron chi connectivity index (χ0n) is 17.6. The quantitative estimate of drug-likeness (QED) is 0.627. The van der Waals surface area contributed by atoms with Crippen molar-refractivity contribution in [3.63, 3.8) is 0 Å². The number of nitriles is 1. The summed E-state index contributed by atoms with van der Waals surface area (Å²) in [5.74, 6) is -1.97. The Bertz CT molecular complexity index is 1190. The van der Waals surface area contributed by atoms with Crippen molar-refractivity contribution < 1.29 is 26.7 Å². The van der Waals surface area contributed by atoms with E-state index in [1.807, 2.05) is 6.07 Å². The van der Waals surface area contributed by atoms with E-state index in [9.17, 15) is 27.3 Å². The van der Waals surface area contributed by atoms with Gasteiger partial charge < -0.3 is 10.1 Å². The van der Waals surface area contributed by atoms with Gasteiger partial charge in [-0.1, -0.05) is 12.1 Å². The molecule has 2 heterocycles. The van der Waals surface area contributed by atoms with Crippen LogP contribution in [-0.4, -0.2) is 57.1 Å². The van der Waals surface area contributed by atoms with Crippen LogP contribution in [0.3, 0.4) is 0 Å². The number of benzene rings is 2. The monoisotopic (exact) mass is 476 g/mol. The van der Waals surface area contributed by atoms with Gasteiger partial charge in [0.1, 0.15) is 23.8 Å². The predicted molar refractivity (Wildman–Crippen MR) is 114 cm³/mol. The molecule has 0 aromatic heterocycles. The molecule has 0 spiro atoms. The Morgan fingerprint density at radius 1 is 1.24 bits per heavy atom. The summed E-state index contributed by atoms with van der Waals surface area (Å²) in [6, 6.07) is 8.40. The van der Waals surface area contributed by atoms with E-state index < -0.39 is 39.7 Å². The number of rotatable bonds is 7. The van der Waals surface area contributed by atoms with Gasteiger partial charge in [-0.25, -0.2) is 17.2 Å². The Kier molecular flexibility index (Phi) is 6.71. The van der Waals surface area contributed by atoms with Crippen LogP contribution in [0.15, 0.2) is 41.3 Å². The van der Waals surface area contributed by atoms with E-state index in [2.05, 4.69) is 10.6 Å². The van der Waals surface area contributed by atoms with Crippen molar-refractivity contribution in [2.45, 2.75) is 29.9 Å². The molecule has 0 radical (unpaired) electrons. The number of halogens is 2. The van der Waals surface area contributed by atoms with Gasteiger partial charge in [0.15, 0.2) is 0 Å². The average molecular weight is 477 g/mol. The van der Waals surface area contributed by atoms with Crippen LogP contribution in [0, 0.1) is 23.0 Å². The van der Waals surface area contributed by atoms with Gasteiger partial charge in [-0.2, -0.15) is 9.57 Å². The summed E-state index contributed by atoms with van der Waals surface area (Å²) in [7, 11) is -3.57. The molecular weight excluding hydrogens is 454 g/mol. The molecule has 11 heteroatoms. The maximum atomic E-state index is 14.8. The van der Waals surface area contributed by atoms with E-state index in [0.29, 0.717) is 25.2 Å². The van der Waals surface area contributed by atoms with E-state index in [1.165, 1.54) is 28.6 Å². The van der Waals surface area contributed by atoms with Crippen molar-refractivity contribution in [3.05, 3.63) is 53.6 Å². The second-order valence-corrected chi connectivity index (χ2v) is 9.79. The SMILES string of the molecule is N#C[C@H](Cc1cc(F)c(-c2ccc(S(=O)(=O)N3CCC3)cc2)cc1F)NC(=O)C1CNCO1. The van der Waals surface area contributed by atoms with Gasteiger partial charge in [0, 0.05) is 31.6 Å². The molecule has 33 heavy (non-hydrogen) atoms. The predicted octanol–water partition coefficient (Wildman–Crippen LogP) is 1.52. The van der Waals surface area contributed by atoms with Gasteiger partial charge in [0.2, 0.25) is 10.0 Å². The molecule has 0 saturated carbocycles. The molecule has 2 N–H and O–H groups in total. The fourth-order valence-electron chi connectivity index (χ4n) is 3.64. The molecular formula is C22H22F2N4O4S. The van der Waals surface area contributed by atoms with Crippen molar-refractivity contribution in [1.29, 1.82) is 5.26 Å². The Morgan fingerprint density at radius 2 is 1.97 bits per heavy atom. The van der Waals surface area contributed by atoms with Crippen LogP contribution in [0.5, 0.6) is 0 Å². The minimum absolute atomic E-state index is 0.0351. The lowest BCUT2D eigenvalue weighted by atomic mass is 9.99. The molecule has 1 unspecified atom stereocenters. The number of ether oxygens (including phenoxy) is 1. The lowest BCUT2D eigenvalue weighted by Crippen LogP contribution is -2.43. The number of carbonyl (C=O) groups is 1. The number of hydrogen-bond acceptors (Lipinski definition) is 6. The van der Waals surface area contributed by atoms with Gasteiger partial charge >= 0.3 is 0 Å². The van der Waals surface area contributed by atoms with Crippen LogP contribution in [0.1, 0.15) is 12.0 Å². The van der Waals surface area contributed by atoms with Crippen molar-refractivity contribution >= 4 is 15.9 Å². The molecule has 1 amide bonds. The van der Waals surface area contributed by atoms with Crippen molar-refractivity contribution in [1.82, 2.24) is 14.9 Å². The third-order valence-corrected chi connectivity index (χ3v) is 7.57. The Balaban J connectivity index is 1.49. The lowest BCUT2D eigenvalue weighted by molar-refractivity contribution is -0.129. The van der Waals surface area contributed by atoms with E-state index in [0.717, 1.165) is 18.6 Å². The summed E-state index contributed by atoms with van der Waals surface area (Å²) in [5, 5.41) is 14.7. The highest BCUT2D eigenvalue weighted by Crippen LogP contribution is 2.29. The summed E-state index contributed by atoms with van der Waals surface area (Å²) >= 11 is 0. The minimum Gasteiger partial charge on any atom is -0.352 e. The normalized spacial score (nSPS) is 19.5. The fraction of sp³-hybridized carbons (Fsp3) is 0.364. The Hall–Kier alpha value is -2.91. The third-order valence-electron chi connectivity index (χ3n) is 5.66. The van der Waals surface area contributed by atoms with Crippen LogP contribution in [0.4, 0.5) is 8.78 Å². The second-order valence-electron chi connectivity index (χ2n) is 7.85. The lowest BCUT2D eigenvalue weighted by Gasteiger charge is -2.29. The van der Waals surface area contributed by atoms with Crippen LogP contribution in [-0.2, 0) is 26.0 Å². The van der Waals surface area contributed by atoms with Crippen LogP contribution in [0.25, 0.3) is 11.1 Å². The molecule has 174 valence electrons. The smallest absolute Gasteiger partial charge is 0.251 e. The summed E-state index contributed by atoms with van der Waals surface area (Å²) < 4.78 is 61.0. The zero-order valence-corrected chi connectivity index (χ0v) is 18.4. The number of nitrogens with one attached hydrogen (secondary N) is 2. The highest BCUT2D eigenvalue weighted by molar-refractivity contribution is 7.89. The topological polar surface area (TPSA) is 112 Å². The molecule has 4 rings (SSSR count). The molecule has 2 aromatic rings. The van der Waals surface area contributed by atoms with Gasteiger partial charge in [-0.05, 0) is 41.8 Å². The third kappa shape index (κ3) is 4.89. The fourth-order valence-corrected chi connectivity index (χ4v) is 5.16. The molecule has 0 aliphatic carbocycles. The van der Waals surface area contributed by atoms with Gasteiger partial charge in [-0.15, -0.1) is 0 Å². The molecule has 2 atom stereocenters. The maximum absolute atomic E-state index is 14.8.